The highest BCUT2D eigenvalue weighted by Gasteiger charge is 2.15. The van der Waals surface area contributed by atoms with E-state index in [1.807, 2.05) is 35.7 Å². The van der Waals surface area contributed by atoms with Gasteiger partial charge >= 0.3 is 0 Å². The van der Waals surface area contributed by atoms with Crippen LogP contribution in [-0.4, -0.2) is 5.91 Å². The Kier molecular flexibility index (Phi) is 4.58. The maximum Gasteiger partial charge on any atom is 0.266 e. The SMILES string of the molecule is CCc1ccccc1NC(=O)c1sccc1-c1ccc(C)cc1. The Hall–Kier alpha value is -2.39. The molecule has 0 radical (unpaired) electrons. The largest absolute Gasteiger partial charge is 0.321 e. The zero-order chi connectivity index (χ0) is 16.2. The fourth-order valence-electron chi connectivity index (χ4n) is 2.58. The smallest absolute Gasteiger partial charge is 0.266 e. The zero-order valence-electron chi connectivity index (χ0n) is 13.3. The van der Waals surface area contributed by atoms with E-state index < -0.39 is 0 Å². The number of nitrogens with one attached hydrogen (secondary N) is 1. The van der Waals surface area contributed by atoms with Gasteiger partial charge in [0.15, 0.2) is 0 Å². The van der Waals surface area contributed by atoms with Gasteiger partial charge in [-0.15, -0.1) is 11.3 Å². The van der Waals surface area contributed by atoms with Crippen LogP contribution in [0.25, 0.3) is 11.1 Å². The first-order valence-electron chi connectivity index (χ1n) is 7.73. The van der Waals surface area contributed by atoms with E-state index in [-0.39, 0.29) is 5.91 Å². The predicted molar refractivity (Wildman–Crippen MR) is 98.3 cm³/mol. The molecule has 0 atom stereocenters. The standard InChI is InChI=1S/C20H19NOS/c1-3-15-6-4-5-7-18(15)21-20(22)19-17(12-13-23-19)16-10-8-14(2)9-11-16/h4-13H,3H2,1-2H3,(H,21,22). The lowest BCUT2D eigenvalue weighted by Crippen LogP contribution is -2.12. The summed E-state index contributed by atoms with van der Waals surface area (Å²) in [5, 5.41) is 5.02. The van der Waals surface area contributed by atoms with Gasteiger partial charge in [-0.1, -0.05) is 55.0 Å². The molecule has 0 aliphatic carbocycles. The maximum absolute atomic E-state index is 12.7. The van der Waals surface area contributed by atoms with Crippen molar-refractivity contribution in [3.8, 4) is 11.1 Å². The summed E-state index contributed by atoms with van der Waals surface area (Å²) in [6.07, 6.45) is 0.895. The molecule has 0 spiro atoms. The minimum absolute atomic E-state index is 0.0449. The van der Waals surface area contributed by atoms with Crippen molar-refractivity contribution in [3.05, 3.63) is 76.0 Å². The lowest BCUT2D eigenvalue weighted by Gasteiger charge is -2.10. The maximum atomic E-state index is 12.7. The van der Waals surface area contributed by atoms with E-state index in [9.17, 15) is 4.79 Å². The molecule has 23 heavy (non-hydrogen) atoms. The molecule has 0 aliphatic rings. The topological polar surface area (TPSA) is 29.1 Å². The number of para-hydroxylation sites is 1. The third-order valence-corrected chi connectivity index (χ3v) is 4.79. The Morgan fingerprint density at radius 1 is 1.04 bits per heavy atom. The van der Waals surface area contributed by atoms with Crippen LogP contribution in [0.15, 0.2) is 60.0 Å². The van der Waals surface area contributed by atoms with Crippen LogP contribution in [0.3, 0.4) is 0 Å². The van der Waals surface area contributed by atoms with Gasteiger partial charge in [-0.2, -0.15) is 0 Å². The molecule has 2 aromatic carbocycles. The van der Waals surface area contributed by atoms with Gasteiger partial charge in [0.2, 0.25) is 0 Å². The van der Waals surface area contributed by atoms with E-state index >= 15 is 0 Å². The monoisotopic (exact) mass is 321 g/mol. The van der Waals surface area contributed by atoms with Crippen molar-refractivity contribution in [1.29, 1.82) is 0 Å². The lowest BCUT2D eigenvalue weighted by molar-refractivity contribution is 0.103. The third kappa shape index (κ3) is 3.35. The van der Waals surface area contributed by atoms with Gasteiger partial charge in [0.25, 0.3) is 5.91 Å². The van der Waals surface area contributed by atoms with Crippen LogP contribution in [0.4, 0.5) is 5.69 Å². The molecule has 0 fully saturated rings. The van der Waals surface area contributed by atoms with Gasteiger partial charge in [0, 0.05) is 11.3 Å². The molecular formula is C20H19NOS. The molecule has 1 amide bonds. The van der Waals surface area contributed by atoms with E-state index in [1.54, 1.807) is 0 Å². The minimum atomic E-state index is -0.0449. The summed E-state index contributed by atoms with van der Waals surface area (Å²) < 4.78 is 0. The van der Waals surface area contributed by atoms with Gasteiger partial charge in [-0.25, -0.2) is 0 Å². The Balaban J connectivity index is 1.89. The number of hydrogen-bond acceptors (Lipinski definition) is 2. The summed E-state index contributed by atoms with van der Waals surface area (Å²) >= 11 is 1.48. The zero-order valence-corrected chi connectivity index (χ0v) is 14.1. The Bertz CT molecular complexity index is 818. The number of carbonyl (C=O) groups is 1. The number of aryl methyl sites for hydroxylation is 2. The molecule has 116 valence electrons. The number of hydrogen-bond donors (Lipinski definition) is 1. The van der Waals surface area contributed by atoms with Crippen molar-refractivity contribution in [2.24, 2.45) is 0 Å². The number of anilines is 1. The van der Waals surface area contributed by atoms with Gasteiger partial charge < -0.3 is 5.32 Å². The highest BCUT2D eigenvalue weighted by atomic mass is 32.1. The van der Waals surface area contributed by atoms with Crippen LogP contribution >= 0.6 is 11.3 Å². The first kappa shape index (κ1) is 15.5. The molecule has 0 bridgehead atoms. The van der Waals surface area contributed by atoms with E-state index in [0.717, 1.165) is 33.7 Å². The molecule has 3 rings (SSSR count). The van der Waals surface area contributed by atoms with Crippen LogP contribution in [0.1, 0.15) is 27.7 Å². The van der Waals surface area contributed by atoms with Crippen molar-refractivity contribution < 1.29 is 4.79 Å². The van der Waals surface area contributed by atoms with Gasteiger partial charge in [0.1, 0.15) is 0 Å². The molecule has 1 heterocycles. The van der Waals surface area contributed by atoms with Crippen molar-refractivity contribution >= 4 is 22.9 Å². The highest BCUT2D eigenvalue weighted by molar-refractivity contribution is 7.12. The van der Waals surface area contributed by atoms with Crippen molar-refractivity contribution in [3.63, 3.8) is 0 Å². The minimum Gasteiger partial charge on any atom is -0.321 e. The summed E-state index contributed by atoms with van der Waals surface area (Å²) in [5.74, 6) is -0.0449. The summed E-state index contributed by atoms with van der Waals surface area (Å²) in [6, 6.07) is 18.2. The fourth-order valence-corrected chi connectivity index (χ4v) is 3.39. The summed E-state index contributed by atoms with van der Waals surface area (Å²) in [7, 11) is 0. The molecule has 0 unspecified atom stereocenters. The third-order valence-electron chi connectivity index (χ3n) is 3.88. The van der Waals surface area contributed by atoms with Crippen LogP contribution in [-0.2, 0) is 6.42 Å². The van der Waals surface area contributed by atoms with Crippen LogP contribution < -0.4 is 5.32 Å². The Morgan fingerprint density at radius 2 is 1.78 bits per heavy atom. The average Bonchev–Trinajstić information content (AvgIpc) is 3.06. The van der Waals surface area contributed by atoms with E-state index in [4.69, 9.17) is 0 Å². The Labute approximate surface area is 140 Å². The number of benzene rings is 2. The number of carbonyl (C=O) groups excluding carboxylic acids is 1. The molecule has 3 aromatic rings. The Morgan fingerprint density at radius 3 is 2.52 bits per heavy atom. The summed E-state index contributed by atoms with van der Waals surface area (Å²) in [4.78, 5) is 13.5. The molecule has 0 aliphatic heterocycles. The van der Waals surface area contributed by atoms with Crippen LogP contribution in [0, 0.1) is 6.92 Å². The number of rotatable bonds is 4. The fraction of sp³-hybridized carbons (Fsp3) is 0.150. The van der Waals surface area contributed by atoms with Gasteiger partial charge in [-0.3, -0.25) is 4.79 Å². The average molecular weight is 321 g/mol. The highest BCUT2D eigenvalue weighted by Crippen LogP contribution is 2.29. The van der Waals surface area contributed by atoms with E-state index in [2.05, 4.69) is 43.4 Å². The summed E-state index contributed by atoms with van der Waals surface area (Å²) in [5.41, 5.74) is 5.32. The summed E-state index contributed by atoms with van der Waals surface area (Å²) in [6.45, 7) is 4.15. The van der Waals surface area contributed by atoms with Crippen LogP contribution in [0.2, 0.25) is 0 Å². The molecule has 3 heteroatoms. The van der Waals surface area contributed by atoms with Gasteiger partial charge in [0.05, 0.1) is 4.88 Å². The number of amides is 1. The normalized spacial score (nSPS) is 10.5. The second kappa shape index (κ2) is 6.80. The van der Waals surface area contributed by atoms with Crippen molar-refractivity contribution in [2.45, 2.75) is 20.3 Å². The van der Waals surface area contributed by atoms with E-state index in [1.165, 1.54) is 16.9 Å². The van der Waals surface area contributed by atoms with E-state index in [0.29, 0.717) is 0 Å². The second-order valence-corrected chi connectivity index (χ2v) is 6.41. The first-order valence-corrected chi connectivity index (χ1v) is 8.60. The van der Waals surface area contributed by atoms with Crippen molar-refractivity contribution in [2.75, 3.05) is 5.32 Å². The van der Waals surface area contributed by atoms with Crippen LogP contribution in [0.5, 0.6) is 0 Å². The molecule has 1 N–H and O–H groups in total. The molecule has 2 nitrogen and oxygen atoms in total. The molecular weight excluding hydrogens is 302 g/mol. The second-order valence-electron chi connectivity index (χ2n) is 5.49. The molecule has 0 saturated carbocycles. The van der Waals surface area contributed by atoms with Gasteiger partial charge in [-0.05, 0) is 42.0 Å². The van der Waals surface area contributed by atoms with Crippen molar-refractivity contribution in [1.82, 2.24) is 0 Å². The molecule has 0 saturated heterocycles. The first-order chi connectivity index (χ1) is 11.2. The predicted octanol–water partition coefficient (Wildman–Crippen LogP) is 5.54. The molecule has 1 aromatic heterocycles. The quantitative estimate of drug-likeness (QED) is 0.672. The lowest BCUT2D eigenvalue weighted by atomic mass is 10.0. The number of thiophene rings is 1.